The highest BCUT2D eigenvalue weighted by molar-refractivity contribution is 5.94. The number of carbonyl (C=O) groups is 2. The molecule has 1 fully saturated rings. The Labute approximate surface area is 153 Å². The number of anilines is 2. The van der Waals surface area contributed by atoms with Gasteiger partial charge in [-0.1, -0.05) is 0 Å². The van der Waals surface area contributed by atoms with Crippen molar-refractivity contribution in [3.63, 3.8) is 0 Å². The summed E-state index contributed by atoms with van der Waals surface area (Å²) in [5, 5.41) is 2.76. The summed E-state index contributed by atoms with van der Waals surface area (Å²) < 4.78 is 5.13. The Morgan fingerprint density at radius 3 is 2.08 bits per heavy atom. The van der Waals surface area contributed by atoms with Gasteiger partial charge in [-0.2, -0.15) is 0 Å². The van der Waals surface area contributed by atoms with Crippen molar-refractivity contribution in [1.29, 1.82) is 0 Å². The van der Waals surface area contributed by atoms with Gasteiger partial charge in [0, 0.05) is 50.0 Å². The molecule has 1 heterocycles. The van der Waals surface area contributed by atoms with E-state index in [2.05, 4.69) is 10.2 Å². The van der Waals surface area contributed by atoms with Crippen LogP contribution in [0.4, 0.5) is 11.4 Å². The first kappa shape index (κ1) is 17.8. The molecule has 26 heavy (non-hydrogen) atoms. The summed E-state index contributed by atoms with van der Waals surface area (Å²) >= 11 is 0. The fraction of sp³-hybridized carbons (Fsp3) is 0.300. The highest BCUT2D eigenvalue weighted by Gasteiger charge is 2.22. The van der Waals surface area contributed by atoms with Crippen LogP contribution >= 0.6 is 0 Å². The molecule has 0 aromatic heterocycles. The molecule has 2 aromatic rings. The Kier molecular flexibility index (Phi) is 5.41. The van der Waals surface area contributed by atoms with Gasteiger partial charge < -0.3 is 19.9 Å². The molecule has 6 nitrogen and oxygen atoms in total. The average molecular weight is 353 g/mol. The van der Waals surface area contributed by atoms with E-state index in [1.54, 1.807) is 31.4 Å². The molecule has 0 unspecified atom stereocenters. The van der Waals surface area contributed by atoms with Crippen LogP contribution in [-0.4, -0.2) is 50.0 Å². The van der Waals surface area contributed by atoms with Gasteiger partial charge in [0.2, 0.25) is 5.91 Å². The molecule has 2 aromatic carbocycles. The average Bonchev–Trinajstić information content (AvgIpc) is 2.68. The van der Waals surface area contributed by atoms with Crippen LogP contribution in [0, 0.1) is 0 Å². The lowest BCUT2D eigenvalue weighted by atomic mass is 10.1. The van der Waals surface area contributed by atoms with Gasteiger partial charge in [-0.25, -0.2) is 0 Å². The zero-order chi connectivity index (χ0) is 18.5. The van der Waals surface area contributed by atoms with Crippen LogP contribution in [0.3, 0.4) is 0 Å². The van der Waals surface area contributed by atoms with E-state index in [1.807, 2.05) is 29.2 Å². The first-order valence-corrected chi connectivity index (χ1v) is 8.63. The maximum Gasteiger partial charge on any atom is 0.253 e. The molecule has 1 aliphatic rings. The Morgan fingerprint density at radius 2 is 1.54 bits per heavy atom. The van der Waals surface area contributed by atoms with Crippen molar-refractivity contribution in [2.45, 2.75) is 6.92 Å². The summed E-state index contributed by atoms with van der Waals surface area (Å²) in [7, 11) is 1.61. The first-order chi connectivity index (χ1) is 12.6. The number of methoxy groups -OCH3 is 1. The molecule has 0 spiro atoms. The number of carbonyl (C=O) groups excluding carboxylic acids is 2. The number of nitrogens with one attached hydrogen (secondary N) is 1. The lowest BCUT2D eigenvalue weighted by Gasteiger charge is -2.36. The summed E-state index contributed by atoms with van der Waals surface area (Å²) in [5.41, 5.74) is 2.56. The molecular formula is C20H23N3O3. The van der Waals surface area contributed by atoms with Crippen LogP contribution in [0.15, 0.2) is 48.5 Å². The number of hydrogen-bond donors (Lipinski definition) is 1. The highest BCUT2D eigenvalue weighted by Crippen LogP contribution is 2.20. The summed E-state index contributed by atoms with van der Waals surface area (Å²) in [6.07, 6.45) is 0. The lowest BCUT2D eigenvalue weighted by molar-refractivity contribution is -0.114. The molecule has 3 rings (SSSR count). The number of ether oxygens (including phenoxy) is 1. The second-order valence-electron chi connectivity index (χ2n) is 6.24. The zero-order valence-electron chi connectivity index (χ0n) is 15.1. The van der Waals surface area contributed by atoms with E-state index in [1.165, 1.54) is 6.92 Å². The first-order valence-electron chi connectivity index (χ1n) is 8.63. The van der Waals surface area contributed by atoms with E-state index < -0.39 is 0 Å². The Balaban J connectivity index is 1.58. The number of benzene rings is 2. The Bertz CT molecular complexity index is 764. The molecule has 0 bridgehead atoms. The van der Waals surface area contributed by atoms with Gasteiger partial charge in [-0.05, 0) is 48.5 Å². The topological polar surface area (TPSA) is 61.9 Å². The fourth-order valence-electron chi connectivity index (χ4n) is 3.04. The standard InChI is InChI=1S/C20H23N3O3/c1-15(24)21-17-5-7-18(8-6-17)22-11-13-23(14-12-22)20(25)16-3-9-19(26-2)10-4-16/h3-10H,11-14H2,1-2H3,(H,21,24). The summed E-state index contributed by atoms with van der Waals surface area (Å²) in [5.74, 6) is 0.714. The second-order valence-corrected chi connectivity index (χ2v) is 6.24. The number of piperazine rings is 1. The quantitative estimate of drug-likeness (QED) is 0.918. The molecule has 6 heteroatoms. The third-order valence-electron chi connectivity index (χ3n) is 4.46. The van der Waals surface area contributed by atoms with E-state index >= 15 is 0 Å². The van der Waals surface area contributed by atoms with Gasteiger partial charge in [0.1, 0.15) is 5.75 Å². The third kappa shape index (κ3) is 4.14. The minimum atomic E-state index is -0.0802. The molecule has 136 valence electrons. The molecule has 2 amide bonds. The van der Waals surface area contributed by atoms with Crippen LogP contribution < -0.4 is 15.0 Å². The number of hydrogen-bond acceptors (Lipinski definition) is 4. The van der Waals surface area contributed by atoms with Gasteiger partial charge in [0.15, 0.2) is 0 Å². The van der Waals surface area contributed by atoms with Crippen molar-refractivity contribution in [3.8, 4) is 5.75 Å². The zero-order valence-corrected chi connectivity index (χ0v) is 15.1. The molecule has 1 aliphatic heterocycles. The lowest BCUT2D eigenvalue weighted by Crippen LogP contribution is -2.48. The maximum absolute atomic E-state index is 12.6. The smallest absolute Gasteiger partial charge is 0.253 e. The molecular weight excluding hydrogens is 330 g/mol. The van der Waals surface area contributed by atoms with Crippen molar-refractivity contribution in [3.05, 3.63) is 54.1 Å². The SMILES string of the molecule is COc1ccc(C(=O)N2CCN(c3ccc(NC(C)=O)cc3)CC2)cc1. The van der Waals surface area contributed by atoms with E-state index in [4.69, 9.17) is 4.74 Å². The molecule has 0 saturated carbocycles. The monoisotopic (exact) mass is 353 g/mol. The largest absolute Gasteiger partial charge is 0.497 e. The highest BCUT2D eigenvalue weighted by atomic mass is 16.5. The van der Waals surface area contributed by atoms with Crippen molar-refractivity contribution < 1.29 is 14.3 Å². The van der Waals surface area contributed by atoms with Crippen LogP contribution in [0.25, 0.3) is 0 Å². The minimum absolute atomic E-state index is 0.0494. The van der Waals surface area contributed by atoms with Crippen LogP contribution in [0.1, 0.15) is 17.3 Å². The second kappa shape index (κ2) is 7.91. The van der Waals surface area contributed by atoms with Crippen molar-refractivity contribution >= 4 is 23.2 Å². The predicted molar refractivity (Wildman–Crippen MR) is 102 cm³/mol. The van der Waals surface area contributed by atoms with Crippen LogP contribution in [-0.2, 0) is 4.79 Å². The third-order valence-corrected chi connectivity index (χ3v) is 4.46. The van der Waals surface area contributed by atoms with Crippen molar-refractivity contribution in [2.24, 2.45) is 0 Å². The number of rotatable bonds is 4. The summed E-state index contributed by atoms with van der Waals surface area (Å²) in [6.45, 7) is 4.41. The molecule has 1 saturated heterocycles. The van der Waals surface area contributed by atoms with Crippen LogP contribution in [0.5, 0.6) is 5.75 Å². The van der Waals surface area contributed by atoms with E-state index in [9.17, 15) is 9.59 Å². The van der Waals surface area contributed by atoms with E-state index in [0.29, 0.717) is 18.7 Å². The van der Waals surface area contributed by atoms with Crippen LogP contribution in [0.2, 0.25) is 0 Å². The molecule has 0 radical (unpaired) electrons. The molecule has 1 N–H and O–H groups in total. The van der Waals surface area contributed by atoms with E-state index in [0.717, 1.165) is 30.2 Å². The Hall–Kier alpha value is -3.02. The van der Waals surface area contributed by atoms with Gasteiger partial charge in [0.25, 0.3) is 5.91 Å². The summed E-state index contributed by atoms with van der Waals surface area (Å²) in [6, 6.07) is 15.0. The van der Waals surface area contributed by atoms with Gasteiger partial charge in [0.05, 0.1) is 7.11 Å². The minimum Gasteiger partial charge on any atom is -0.497 e. The van der Waals surface area contributed by atoms with Gasteiger partial charge >= 0.3 is 0 Å². The summed E-state index contributed by atoms with van der Waals surface area (Å²) in [4.78, 5) is 27.8. The van der Waals surface area contributed by atoms with E-state index in [-0.39, 0.29) is 11.8 Å². The number of amides is 2. The molecule has 0 aliphatic carbocycles. The van der Waals surface area contributed by atoms with Crippen molar-refractivity contribution in [2.75, 3.05) is 43.5 Å². The maximum atomic E-state index is 12.6. The van der Waals surface area contributed by atoms with Crippen molar-refractivity contribution in [1.82, 2.24) is 4.90 Å². The predicted octanol–water partition coefficient (Wildman–Crippen LogP) is 2.62. The normalized spacial score (nSPS) is 14.1. The van der Waals surface area contributed by atoms with Gasteiger partial charge in [-0.3, -0.25) is 9.59 Å². The Morgan fingerprint density at radius 1 is 0.923 bits per heavy atom. The number of nitrogens with zero attached hydrogens (tertiary/aromatic N) is 2. The molecule has 0 atom stereocenters. The van der Waals surface area contributed by atoms with Gasteiger partial charge in [-0.15, -0.1) is 0 Å². The fourth-order valence-corrected chi connectivity index (χ4v) is 3.04.